The van der Waals surface area contributed by atoms with Crippen LogP contribution in [0, 0.1) is 11.8 Å². The third-order valence-corrected chi connectivity index (χ3v) is 4.79. The summed E-state index contributed by atoms with van der Waals surface area (Å²) in [6.07, 6.45) is 7.98. The lowest BCUT2D eigenvalue weighted by molar-refractivity contribution is 0.200. The van der Waals surface area contributed by atoms with Crippen LogP contribution in [-0.4, -0.2) is 20.2 Å². The number of nitrogens with one attached hydrogen (secondary N) is 1. The number of methoxy groups -OCH3 is 1. The van der Waals surface area contributed by atoms with E-state index in [1.54, 1.807) is 7.11 Å². The van der Waals surface area contributed by atoms with Gasteiger partial charge in [0.05, 0.1) is 7.11 Å². The minimum absolute atomic E-state index is 0.675. The van der Waals surface area contributed by atoms with Crippen molar-refractivity contribution >= 4 is 0 Å². The number of ether oxygens (including phenoxy) is 1. The van der Waals surface area contributed by atoms with Crippen LogP contribution in [0.2, 0.25) is 0 Å². The Hall–Kier alpha value is -1.02. The van der Waals surface area contributed by atoms with E-state index in [0.717, 1.165) is 17.6 Å². The molecule has 0 aliphatic heterocycles. The maximum Gasteiger partial charge on any atom is 0.119 e. The van der Waals surface area contributed by atoms with Gasteiger partial charge in [0.1, 0.15) is 5.75 Å². The number of hydrogen-bond acceptors (Lipinski definition) is 2. The van der Waals surface area contributed by atoms with E-state index in [1.165, 1.54) is 44.1 Å². The molecule has 112 valence electrons. The lowest BCUT2D eigenvalue weighted by Gasteiger charge is -2.36. The summed E-state index contributed by atoms with van der Waals surface area (Å²) in [5.74, 6) is 2.67. The van der Waals surface area contributed by atoms with E-state index < -0.39 is 0 Å². The van der Waals surface area contributed by atoms with Gasteiger partial charge in [0.15, 0.2) is 0 Å². The Balaban J connectivity index is 2.02. The number of benzene rings is 1. The Morgan fingerprint density at radius 3 is 2.85 bits per heavy atom. The smallest absolute Gasteiger partial charge is 0.119 e. The Morgan fingerprint density at radius 2 is 2.15 bits per heavy atom. The zero-order valence-electron chi connectivity index (χ0n) is 13.2. The first-order chi connectivity index (χ1) is 9.76. The number of rotatable bonds is 6. The van der Waals surface area contributed by atoms with Crippen LogP contribution in [0.5, 0.6) is 5.75 Å². The molecule has 2 heteroatoms. The fraction of sp³-hybridized carbons (Fsp3) is 0.667. The molecule has 20 heavy (non-hydrogen) atoms. The predicted molar refractivity (Wildman–Crippen MR) is 85.3 cm³/mol. The zero-order valence-corrected chi connectivity index (χ0v) is 13.2. The monoisotopic (exact) mass is 275 g/mol. The van der Waals surface area contributed by atoms with Crippen LogP contribution in [0.4, 0.5) is 0 Å². The minimum atomic E-state index is 0.675. The molecule has 2 nitrogen and oxygen atoms in total. The van der Waals surface area contributed by atoms with Gasteiger partial charge in [-0.05, 0) is 62.3 Å². The fourth-order valence-corrected chi connectivity index (χ4v) is 3.74. The summed E-state index contributed by atoms with van der Waals surface area (Å²) >= 11 is 0. The Morgan fingerprint density at radius 1 is 1.30 bits per heavy atom. The molecule has 3 unspecified atom stereocenters. The largest absolute Gasteiger partial charge is 0.497 e. The van der Waals surface area contributed by atoms with Gasteiger partial charge in [0, 0.05) is 6.04 Å². The van der Waals surface area contributed by atoms with Crippen molar-refractivity contribution in [3.63, 3.8) is 0 Å². The molecule has 0 radical (unpaired) electrons. The summed E-state index contributed by atoms with van der Waals surface area (Å²) < 4.78 is 5.34. The molecule has 1 N–H and O–H groups in total. The lowest BCUT2D eigenvalue weighted by Crippen LogP contribution is -2.39. The highest BCUT2D eigenvalue weighted by molar-refractivity contribution is 5.28. The van der Waals surface area contributed by atoms with E-state index in [-0.39, 0.29) is 0 Å². The molecule has 0 saturated heterocycles. The molecule has 1 fully saturated rings. The van der Waals surface area contributed by atoms with Crippen LogP contribution in [0.25, 0.3) is 0 Å². The van der Waals surface area contributed by atoms with Gasteiger partial charge in [-0.1, -0.05) is 31.9 Å². The molecule has 0 amide bonds. The van der Waals surface area contributed by atoms with E-state index >= 15 is 0 Å². The maximum absolute atomic E-state index is 5.34. The normalized spacial score (nSPS) is 26.4. The van der Waals surface area contributed by atoms with Crippen LogP contribution in [0.3, 0.4) is 0 Å². The van der Waals surface area contributed by atoms with Gasteiger partial charge in [-0.2, -0.15) is 0 Å². The van der Waals surface area contributed by atoms with Crippen molar-refractivity contribution in [2.45, 2.75) is 51.5 Å². The van der Waals surface area contributed by atoms with E-state index in [0.29, 0.717) is 6.04 Å². The zero-order chi connectivity index (χ0) is 14.4. The summed E-state index contributed by atoms with van der Waals surface area (Å²) in [6.45, 7) is 2.31. The molecule has 0 spiro atoms. The summed E-state index contributed by atoms with van der Waals surface area (Å²) in [6, 6.07) is 9.23. The van der Waals surface area contributed by atoms with Gasteiger partial charge in [-0.15, -0.1) is 0 Å². The molecule has 3 atom stereocenters. The first-order valence-electron chi connectivity index (χ1n) is 8.07. The van der Waals surface area contributed by atoms with Crippen molar-refractivity contribution in [3.05, 3.63) is 29.8 Å². The Kier molecular flexibility index (Phi) is 5.90. The summed E-state index contributed by atoms with van der Waals surface area (Å²) in [7, 11) is 3.86. The highest BCUT2D eigenvalue weighted by Crippen LogP contribution is 2.34. The van der Waals surface area contributed by atoms with Gasteiger partial charge in [-0.3, -0.25) is 0 Å². The van der Waals surface area contributed by atoms with Crippen molar-refractivity contribution in [1.29, 1.82) is 0 Å². The summed E-state index contributed by atoms with van der Waals surface area (Å²) in [5.41, 5.74) is 1.41. The first-order valence-corrected chi connectivity index (χ1v) is 8.07. The van der Waals surface area contributed by atoms with Crippen LogP contribution in [0.15, 0.2) is 24.3 Å². The van der Waals surface area contributed by atoms with E-state index in [4.69, 9.17) is 4.74 Å². The van der Waals surface area contributed by atoms with E-state index in [9.17, 15) is 0 Å². The second kappa shape index (κ2) is 7.68. The SMILES string of the molecule is CCCC1CCC(NC)C(Cc2cccc(OC)c2)C1. The fourth-order valence-electron chi connectivity index (χ4n) is 3.74. The third kappa shape index (κ3) is 3.99. The van der Waals surface area contributed by atoms with Gasteiger partial charge >= 0.3 is 0 Å². The molecule has 2 rings (SSSR count). The van der Waals surface area contributed by atoms with Crippen LogP contribution < -0.4 is 10.1 Å². The quantitative estimate of drug-likeness (QED) is 0.846. The Labute approximate surface area is 123 Å². The predicted octanol–water partition coefficient (Wildman–Crippen LogP) is 4.04. The van der Waals surface area contributed by atoms with Crippen molar-refractivity contribution < 1.29 is 4.74 Å². The van der Waals surface area contributed by atoms with Crippen molar-refractivity contribution in [3.8, 4) is 5.75 Å². The number of hydrogen-bond donors (Lipinski definition) is 1. The Bertz CT molecular complexity index is 404. The molecule has 1 aliphatic carbocycles. The summed E-state index contributed by atoms with van der Waals surface area (Å²) in [5, 5.41) is 3.53. The molecular formula is C18H29NO. The van der Waals surface area contributed by atoms with Crippen molar-refractivity contribution in [2.24, 2.45) is 11.8 Å². The van der Waals surface area contributed by atoms with Crippen LogP contribution >= 0.6 is 0 Å². The minimum Gasteiger partial charge on any atom is -0.497 e. The molecule has 0 aromatic heterocycles. The average Bonchev–Trinajstić information content (AvgIpc) is 2.48. The first kappa shape index (κ1) is 15.4. The highest BCUT2D eigenvalue weighted by atomic mass is 16.5. The molecule has 0 heterocycles. The second-order valence-electron chi connectivity index (χ2n) is 6.18. The van der Waals surface area contributed by atoms with Gasteiger partial charge in [-0.25, -0.2) is 0 Å². The average molecular weight is 275 g/mol. The van der Waals surface area contributed by atoms with E-state index in [2.05, 4.69) is 37.5 Å². The molecule has 1 aromatic rings. The van der Waals surface area contributed by atoms with E-state index in [1.807, 2.05) is 6.07 Å². The standard InChI is InChI=1S/C18H29NO/c1-4-6-14-9-10-18(19-2)16(11-14)12-15-7-5-8-17(13-15)20-3/h5,7-8,13-14,16,18-19H,4,6,9-12H2,1-3H3. The summed E-state index contributed by atoms with van der Waals surface area (Å²) in [4.78, 5) is 0. The van der Waals surface area contributed by atoms with Gasteiger partial charge in [0.2, 0.25) is 0 Å². The maximum atomic E-state index is 5.34. The molecular weight excluding hydrogens is 246 g/mol. The molecule has 1 aliphatic rings. The van der Waals surface area contributed by atoms with Crippen molar-refractivity contribution in [2.75, 3.05) is 14.2 Å². The molecule has 1 aromatic carbocycles. The molecule has 0 bridgehead atoms. The van der Waals surface area contributed by atoms with Gasteiger partial charge < -0.3 is 10.1 Å². The van der Waals surface area contributed by atoms with Crippen LogP contribution in [-0.2, 0) is 6.42 Å². The molecule has 1 saturated carbocycles. The topological polar surface area (TPSA) is 21.3 Å². The second-order valence-corrected chi connectivity index (χ2v) is 6.18. The highest BCUT2D eigenvalue weighted by Gasteiger charge is 2.29. The van der Waals surface area contributed by atoms with Crippen molar-refractivity contribution in [1.82, 2.24) is 5.32 Å². The van der Waals surface area contributed by atoms with Gasteiger partial charge in [0.25, 0.3) is 0 Å². The van der Waals surface area contributed by atoms with Crippen LogP contribution in [0.1, 0.15) is 44.6 Å². The third-order valence-electron chi connectivity index (χ3n) is 4.79. The lowest BCUT2D eigenvalue weighted by atomic mass is 9.74.